The van der Waals surface area contributed by atoms with Gasteiger partial charge < -0.3 is 15.4 Å². The number of hydrogen-bond donors (Lipinski definition) is 2. The largest absolute Gasteiger partial charge is 0.444 e. The summed E-state index contributed by atoms with van der Waals surface area (Å²) in [6.07, 6.45) is 4.56. The zero-order valence-electron chi connectivity index (χ0n) is 14.7. The third-order valence-electron chi connectivity index (χ3n) is 4.21. The standard InChI is InChI=1S/C17H34N2O2/c1-12-7-8-13(2)15(11-12)18-10-9-14(3)19-16(20)21-17(4,5)6/h12-15,18H,7-11H2,1-6H3,(H,19,20). The van der Waals surface area contributed by atoms with E-state index in [1.165, 1.54) is 19.3 Å². The zero-order valence-corrected chi connectivity index (χ0v) is 14.7. The molecule has 1 aliphatic rings. The Morgan fingerprint density at radius 1 is 1.29 bits per heavy atom. The van der Waals surface area contributed by atoms with Gasteiger partial charge in [0.25, 0.3) is 0 Å². The van der Waals surface area contributed by atoms with Crippen molar-refractivity contribution in [2.45, 2.75) is 84.9 Å². The molecule has 1 saturated carbocycles. The van der Waals surface area contributed by atoms with Gasteiger partial charge >= 0.3 is 6.09 Å². The van der Waals surface area contributed by atoms with Crippen LogP contribution in [0.1, 0.15) is 67.2 Å². The Bertz CT molecular complexity index is 325. The molecule has 0 radical (unpaired) electrons. The van der Waals surface area contributed by atoms with Gasteiger partial charge in [-0.05, 0) is 65.3 Å². The molecular formula is C17H34N2O2. The molecule has 0 aliphatic heterocycles. The van der Waals surface area contributed by atoms with Gasteiger partial charge in [-0.25, -0.2) is 4.79 Å². The number of carbonyl (C=O) groups is 1. The highest BCUT2D eigenvalue weighted by molar-refractivity contribution is 5.67. The number of hydrogen-bond acceptors (Lipinski definition) is 3. The average molecular weight is 298 g/mol. The van der Waals surface area contributed by atoms with Crippen LogP contribution in [0.3, 0.4) is 0 Å². The monoisotopic (exact) mass is 298 g/mol. The highest BCUT2D eigenvalue weighted by atomic mass is 16.6. The smallest absolute Gasteiger partial charge is 0.407 e. The molecule has 0 aromatic carbocycles. The lowest BCUT2D eigenvalue weighted by molar-refractivity contribution is 0.0506. The van der Waals surface area contributed by atoms with Gasteiger partial charge in [0.1, 0.15) is 5.60 Å². The zero-order chi connectivity index (χ0) is 16.0. The quantitative estimate of drug-likeness (QED) is 0.813. The predicted octanol–water partition coefficient (Wildman–Crippen LogP) is 3.70. The summed E-state index contributed by atoms with van der Waals surface area (Å²) in [6.45, 7) is 13.3. The van der Waals surface area contributed by atoms with Gasteiger partial charge in [0.05, 0.1) is 0 Å². The van der Waals surface area contributed by atoms with Crippen molar-refractivity contribution in [3.8, 4) is 0 Å². The first-order chi connectivity index (χ1) is 9.67. The second-order valence-electron chi connectivity index (χ2n) is 7.79. The number of carbonyl (C=O) groups excluding carboxylic acids is 1. The molecule has 0 saturated heterocycles. The summed E-state index contributed by atoms with van der Waals surface area (Å²) in [4.78, 5) is 11.7. The van der Waals surface area contributed by atoms with Crippen molar-refractivity contribution in [3.05, 3.63) is 0 Å². The van der Waals surface area contributed by atoms with E-state index in [4.69, 9.17) is 4.74 Å². The van der Waals surface area contributed by atoms with Crippen LogP contribution < -0.4 is 10.6 Å². The Balaban J connectivity index is 2.21. The van der Waals surface area contributed by atoms with Gasteiger partial charge in [-0.2, -0.15) is 0 Å². The Morgan fingerprint density at radius 2 is 1.95 bits per heavy atom. The van der Waals surface area contributed by atoms with Gasteiger partial charge in [0.15, 0.2) is 0 Å². The molecule has 1 rings (SSSR count). The highest BCUT2D eigenvalue weighted by Crippen LogP contribution is 2.28. The van der Waals surface area contributed by atoms with Gasteiger partial charge in [0.2, 0.25) is 0 Å². The Morgan fingerprint density at radius 3 is 2.57 bits per heavy atom. The SMILES string of the molecule is CC1CCC(C)C(NCCC(C)NC(=O)OC(C)(C)C)C1. The first kappa shape index (κ1) is 18.3. The summed E-state index contributed by atoms with van der Waals surface area (Å²) in [5.74, 6) is 1.59. The number of rotatable bonds is 5. The fourth-order valence-corrected chi connectivity index (χ4v) is 2.88. The molecule has 1 aliphatic carbocycles. The van der Waals surface area contributed by atoms with E-state index in [0.29, 0.717) is 6.04 Å². The fraction of sp³-hybridized carbons (Fsp3) is 0.941. The van der Waals surface area contributed by atoms with Crippen LogP contribution in [0.5, 0.6) is 0 Å². The maximum absolute atomic E-state index is 11.7. The first-order valence-electron chi connectivity index (χ1n) is 8.40. The molecule has 0 aromatic rings. The van der Waals surface area contributed by atoms with Crippen LogP contribution in [-0.4, -0.2) is 30.3 Å². The van der Waals surface area contributed by atoms with E-state index in [9.17, 15) is 4.79 Å². The number of alkyl carbamates (subject to hydrolysis) is 1. The average Bonchev–Trinajstić information content (AvgIpc) is 2.31. The third-order valence-corrected chi connectivity index (χ3v) is 4.21. The molecule has 1 amide bonds. The molecule has 0 heterocycles. The fourth-order valence-electron chi connectivity index (χ4n) is 2.88. The van der Waals surface area contributed by atoms with Crippen LogP contribution in [0, 0.1) is 11.8 Å². The topological polar surface area (TPSA) is 50.4 Å². The summed E-state index contributed by atoms with van der Waals surface area (Å²) in [5.41, 5.74) is -0.435. The third kappa shape index (κ3) is 7.70. The van der Waals surface area contributed by atoms with E-state index in [-0.39, 0.29) is 12.1 Å². The molecule has 4 unspecified atom stereocenters. The van der Waals surface area contributed by atoms with Crippen molar-refractivity contribution in [2.75, 3.05) is 6.54 Å². The van der Waals surface area contributed by atoms with Crippen molar-refractivity contribution in [2.24, 2.45) is 11.8 Å². The van der Waals surface area contributed by atoms with Crippen LogP contribution in [-0.2, 0) is 4.74 Å². The molecule has 4 atom stereocenters. The summed E-state index contributed by atoms with van der Waals surface area (Å²) in [6, 6.07) is 0.756. The van der Waals surface area contributed by atoms with Crippen LogP contribution in [0.4, 0.5) is 4.79 Å². The second-order valence-corrected chi connectivity index (χ2v) is 7.79. The molecule has 0 aromatic heterocycles. The molecule has 1 fully saturated rings. The van der Waals surface area contributed by atoms with Crippen molar-refractivity contribution >= 4 is 6.09 Å². The Kier molecular flexibility index (Phi) is 6.98. The summed E-state index contributed by atoms with van der Waals surface area (Å²) in [5, 5.41) is 6.56. The lowest BCUT2D eigenvalue weighted by atomic mass is 9.80. The van der Waals surface area contributed by atoms with Crippen LogP contribution in [0.2, 0.25) is 0 Å². The first-order valence-corrected chi connectivity index (χ1v) is 8.40. The minimum absolute atomic E-state index is 0.128. The highest BCUT2D eigenvalue weighted by Gasteiger charge is 2.25. The van der Waals surface area contributed by atoms with E-state index < -0.39 is 5.60 Å². The van der Waals surface area contributed by atoms with Crippen molar-refractivity contribution in [1.29, 1.82) is 0 Å². The van der Waals surface area contributed by atoms with Gasteiger partial charge in [0, 0.05) is 12.1 Å². The number of amides is 1. The lowest BCUT2D eigenvalue weighted by Crippen LogP contribution is -2.43. The Labute approximate surface area is 130 Å². The lowest BCUT2D eigenvalue weighted by Gasteiger charge is -2.33. The predicted molar refractivity (Wildman–Crippen MR) is 87.4 cm³/mol. The van der Waals surface area contributed by atoms with Crippen molar-refractivity contribution < 1.29 is 9.53 Å². The summed E-state index contributed by atoms with van der Waals surface area (Å²) >= 11 is 0. The normalized spacial score (nSPS) is 28.0. The van der Waals surface area contributed by atoms with Crippen molar-refractivity contribution in [1.82, 2.24) is 10.6 Å². The molecular weight excluding hydrogens is 264 g/mol. The molecule has 4 nitrogen and oxygen atoms in total. The number of ether oxygens (including phenoxy) is 1. The van der Waals surface area contributed by atoms with Gasteiger partial charge in [-0.1, -0.05) is 20.3 Å². The molecule has 4 heteroatoms. The minimum atomic E-state index is -0.435. The van der Waals surface area contributed by atoms with E-state index >= 15 is 0 Å². The van der Waals surface area contributed by atoms with Crippen LogP contribution >= 0.6 is 0 Å². The molecule has 2 N–H and O–H groups in total. The van der Waals surface area contributed by atoms with E-state index in [1.54, 1.807) is 0 Å². The number of nitrogens with one attached hydrogen (secondary N) is 2. The molecule has 0 spiro atoms. The Hall–Kier alpha value is -0.770. The van der Waals surface area contributed by atoms with Crippen molar-refractivity contribution in [3.63, 3.8) is 0 Å². The van der Waals surface area contributed by atoms with Crippen LogP contribution in [0.15, 0.2) is 0 Å². The second kappa shape index (κ2) is 8.02. The summed E-state index contributed by atoms with van der Waals surface area (Å²) < 4.78 is 5.27. The molecule has 0 bridgehead atoms. The minimum Gasteiger partial charge on any atom is -0.444 e. The maximum atomic E-state index is 11.7. The van der Waals surface area contributed by atoms with E-state index in [2.05, 4.69) is 24.5 Å². The summed E-state index contributed by atoms with van der Waals surface area (Å²) in [7, 11) is 0. The maximum Gasteiger partial charge on any atom is 0.407 e. The van der Waals surface area contributed by atoms with Gasteiger partial charge in [-0.15, -0.1) is 0 Å². The van der Waals surface area contributed by atoms with Gasteiger partial charge in [-0.3, -0.25) is 0 Å². The van der Waals surface area contributed by atoms with Crippen LogP contribution in [0.25, 0.3) is 0 Å². The van der Waals surface area contributed by atoms with E-state index in [0.717, 1.165) is 24.8 Å². The van der Waals surface area contributed by atoms with E-state index in [1.807, 2.05) is 27.7 Å². The molecule has 21 heavy (non-hydrogen) atoms. The molecule has 124 valence electrons.